The Morgan fingerprint density at radius 3 is 2.08 bits per heavy atom. The molecule has 0 aliphatic rings. The van der Waals surface area contributed by atoms with E-state index < -0.39 is 60.4 Å². The van der Waals surface area contributed by atoms with Crippen LogP contribution in [-0.4, -0.2) is 14.1 Å². The molecule has 1 atom stereocenters. The maximum absolute atomic E-state index is 8.87. The van der Waals surface area contributed by atoms with Crippen molar-refractivity contribution in [2.24, 2.45) is 5.41 Å². The van der Waals surface area contributed by atoms with Gasteiger partial charge < -0.3 is 13.9 Å². The van der Waals surface area contributed by atoms with E-state index in [2.05, 4.69) is 93.2 Å². The van der Waals surface area contributed by atoms with E-state index in [-0.39, 0.29) is 60.3 Å². The number of rotatable bonds is 9. The number of hydrogen-bond acceptors (Lipinski definition) is 2. The maximum atomic E-state index is 8.87. The molecule has 3 heterocycles. The van der Waals surface area contributed by atoms with Crippen LogP contribution in [0.5, 0.6) is 11.5 Å². The van der Waals surface area contributed by atoms with Crippen LogP contribution in [0.4, 0.5) is 0 Å². The zero-order valence-electron chi connectivity index (χ0n) is 44.2. The zero-order valence-corrected chi connectivity index (χ0v) is 36.5. The van der Waals surface area contributed by atoms with E-state index in [1.54, 1.807) is 53.4 Å². The Labute approximate surface area is 391 Å². The summed E-state index contributed by atoms with van der Waals surface area (Å²) in [4.78, 5) is 4.90. The van der Waals surface area contributed by atoms with E-state index in [0.717, 1.165) is 38.8 Å². The predicted octanol–water partition coefficient (Wildman–Crippen LogP) is 13.6. The molecule has 6 heteroatoms. The molecule has 1 unspecified atom stereocenters. The average Bonchev–Trinajstić information content (AvgIpc) is 3.99. The van der Waals surface area contributed by atoms with Crippen molar-refractivity contribution in [3.05, 3.63) is 212 Å². The van der Waals surface area contributed by atoms with Crippen molar-refractivity contribution in [3.8, 4) is 62.1 Å². The van der Waals surface area contributed by atoms with Gasteiger partial charge in [-0.3, -0.25) is 4.57 Å². The number of para-hydroxylation sites is 1. The summed E-state index contributed by atoms with van der Waals surface area (Å²) in [5.74, 6) is 1.80. The molecule has 62 heavy (non-hydrogen) atoms. The fraction of sp³-hybridized carbons (Fsp3) is 0.107. The Kier molecular flexibility index (Phi) is 8.26. The van der Waals surface area contributed by atoms with Crippen molar-refractivity contribution in [3.63, 3.8) is 0 Å². The Morgan fingerprint density at radius 2 is 1.37 bits per heavy atom. The SMILES string of the molecule is [2H]c1c([2H])c([2H])c(-c2cccc(-c3c([2H])c([2H])c([2H])c([2H])c3[2H])c2-[n+]2[c-]n(-c3[c-]c(Oc4[c-]c5c(cc4)c4cc(-c6ccccc6)ccc4n5-c4cc(C(C)C(C)(C)C)ccn4)ccc3)cc2)c([2H])c1[2H].[Pt]. The molecule has 0 amide bonds. The number of aromatic nitrogens is 4. The Morgan fingerprint density at radius 1 is 0.677 bits per heavy atom. The molecule has 0 aliphatic heterocycles. The first-order valence-electron chi connectivity index (χ1n) is 25.0. The molecule has 0 spiro atoms. The molecule has 0 radical (unpaired) electrons. The van der Waals surface area contributed by atoms with E-state index in [4.69, 9.17) is 23.4 Å². The molecule has 0 fully saturated rings. The number of pyridine rings is 1. The van der Waals surface area contributed by atoms with Crippen molar-refractivity contribution < 1.29 is 44.1 Å². The van der Waals surface area contributed by atoms with Crippen LogP contribution in [0.2, 0.25) is 0 Å². The largest absolute Gasteiger partial charge is 0.510 e. The Hall–Kier alpha value is -6.81. The average molecular weight is 994 g/mol. The monoisotopic (exact) mass is 993 g/mol. The van der Waals surface area contributed by atoms with Gasteiger partial charge in [0.25, 0.3) is 6.33 Å². The Bertz CT molecular complexity index is 3630. The third-order valence-electron chi connectivity index (χ3n) is 11.2. The third-order valence-corrected chi connectivity index (χ3v) is 11.2. The normalized spacial score (nSPS) is 14.3. The van der Waals surface area contributed by atoms with Crippen LogP contribution in [0, 0.1) is 23.9 Å². The van der Waals surface area contributed by atoms with Gasteiger partial charge in [0.2, 0.25) is 0 Å². The molecule has 10 rings (SSSR count). The first-order chi connectivity index (χ1) is 33.9. The van der Waals surface area contributed by atoms with Gasteiger partial charge in [0.05, 0.1) is 19.4 Å². The van der Waals surface area contributed by atoms with Gasteiger partial charge in [0, 0.05) is 56.7 Å². The third kappa shape index (κ3) is 7.81. The van der Waals surface area contributed by atoms with E-state index >= 15 is 0 Å². The van der Waals surface area contributed by atoms with Gasteiger partial charge in [-0.25, -0.2) is 4.98 Å². The van der Waals surface area contributed by atoms with Crippen LogP contribution in [0.3, 0.4) is 0 Å². The van der Waals surface area contributed by atoms with Gasteiger partial charge in [0.15, 0.2) is 0 Å². The summed E-state index contributed by atoms with van der Waals surface area (Å²) in [6, 6.07) is 36.5. The molecule has 7 aromatic carbocycles. The number of imidazole rings is 1. The standard InChI is InChI=1S/C56H44N4O.Pt/c1-39(56(2,3)4)43-30-31-57-54(35-43)60-52-29-26-44(40-16-8-5-9-17-40)34-51(52)50-28-27-47(37-53(50)60)61-46-23-14-22-45(36-46)58-32-33-59(38-58)55-48(41-18-10-6-11-19-41)24-15-25-49(55)42-20-12-7-13-21-42;/h5-35,39H,1-4H3;/q-2;/i6D,7D,10D,11D,12D,13D,18D,19D,20D,21D;. The predicted molar refractivity (Wildman–Crippen MR) is 247 cm³/mol. The summed E-state index contributed by atoms with van der Waals surface area (Å²) >= 11 is 0. The maximum Gasteiger partial charge on any atom is 0.267 e. The van der Waals surface area contributed by atoms with E-state index in [1.165, 1.54) is 10.1 Å². The van der Waals surface area contributed by atoms with Gasteiger partial charge in [-0.05, 0) is 79.5 Å². The molecule has 306 valence electrons. The molecule has 0 saturated carbocycles. The van der Waals surface area contributed by atoms with Crippen molar-refractivity contribution in [2.45, 2.75) is 33.6 Å². The van der Waals surface area contributed by atoms with Crippen molar-refractivity contribution >= 4 is 21.8 Å². The minimum atomic E-state index is -0.569. The van der Waals surface area contributed by atoms with Crippen LogP contribution in [-0.2, 0) is 21.1 Å². The van der Waals surface area contributed by atoms with Gasteiger partial charge in [-0.15, -0.1) is 29.7 Å². The zero-order chi connectivity index (χ0) is 50.2. The van der Waals surface area contributed by atoms with E-state index in [0.29, 0.717) is 17.2 Å². The van der Waals surface area contributed by atoms with Crippen LogP contribution in [0.25, 0.3) is 72.4 Å². The van der Waals surface area contributed by atoms with E-state index in [1.807, 2.05) is 36.5 Å². The molecule has 0 aliphatic carbocycles. The second-order valence-corrected chi connectivity index (χ2v) is 15.9. The second-order valence-electron chi connectivity index (χ2n) is 15.9. The minimum absolute atomic E-state index is 0. The van der Waals surface area contributed by atoms with Gasteiger partial charge in [-0.2, -0.15) is 18.2 Å². The van der Waals surface area contributed by atoms with Crippen LogP contribution < -0.4 is 9.30 Å². The van der Waals surface area contributed by atoms with Crippen LogP contribution in [0.1, 0.15) is 52.9 Å². The summed E-state index contributed by atoms with van der Waals surface area (Å²) < 4.78 is 97.6. The molecular weight excluding hydrogens is 940 g/mol. The molecular formula is C56H44N4OPt-2. The summed E-state index contributed by atoms with van der Waals surface area (Å²) in [7, 11) is 0. The van der Waals surface area contributed by atoms with Crippen LogP contribution in [0.15, 0.2) is 188 Å². The van der Waals surface area contributed by atoms with Gasteiger partial charge in [0.1, 0.15) is 5.82 Å². The molecule has 10 aromatic rings. The number of nitrogens with zero attached hydrogens (tertiary/aromatic N) is 4. The second kappa shape index (κ2) is 16.9. The number of hydrogen-bond donors (Lipinski definition) is 0. The first-order valence-corrected chi connectivity index (χ1v) is 20.0. The quantitative estimate of drug-likeness (QED) is 0.107. The topological polar surface area (TPSA) is 35.9 Å². The fourth-order valence-corrected chi connectivity index (χ4v) is 7.66. The van der Waals surface area contributed by atoms with Gasteiger partial charge >= 0.3 is 0 Å². The molecule has 0 N–H and O–H groups in total. The summed E-state index contributed by atoms with van der Waals surface area (Å²) in [6.07, 6.45) is 8.38. The number of benzene rings is 7. The Balaban J connectivity index is 0.00000640. The summed E-state index contributed by atoms with van der Waals surface area (Å²) in [5, 5.41) is 2.01. The van der Waals surface area contributed by atoms with E-state index in [9.17, 15) is 0 Å². The van der Waals surface area contributed by atoms with Crippen molar-refractivity contribution in [2.75, 3.05) is 0 Å². The minimum Gasteiger partial charge on any atom is -0.510 e. The molecule has 5 nitrogen and oxygen atoms in total. The summed E-state index contributed by atoms with van der Waals surface area (Å²) in [5.41, 5.74) is 5.80. The summed E-state index contributed by atoms with van der Waals surface area (Å²) in [6.45, 7) is 8.93. The van der Waals surface area contributed by atoms with Crippen LogP contribution >= 0.6 is 0 Å². The molecule has 0 saturated heterocycles. The van der Waals surface area contributed by atoms with Crippen molar-refractivity contribution in [1.82, 2.24) is 14.1 Å². The first kappa shape index (κ1) is 30.3. The van der Waals surface area contributed by atoms with Gasteiger partial charge in [-0.1, -0.05) is 154 Å². The number of ether oxygens (including phenoxy) is 1. The number of fused-ring (bicyclic) bond motifs is 3. The van der Waals surface area contributed by atoms with Crippen molar-refractivity contribution in [1.29, 1.82) is 0 Å². The molecule has 0 bridgehead atoms. The molecule has 3 aromatic heterocycles. The smallest absolute Gasteiger partial charge is 0.267 e. The fourth-order valence-electron chi connectivity index (χ4n) is 7.66.